The Balaban J connectivity index is 2.52. The Hall–Kier alpha value is -0.250. The van der Waals surface area contributed by atoms with Crippen molar-refractivity contribution in [2.24, 2.45) is 5.41 Å². The molecule has 1 aromatic carbocycles. The first-order valence-corrected chi connectivity index (χ1v) is 7.16. The number of aliphatic hydroxyl groups is 1. The average Bonchev–Trinajstić information content (AvgIpc) is 2.26. The third-order valence-corrected chi connectivity index (χ3v) is 5.12. The Morgan fingerprint density at radius 1 is 1.41 bits per heavy atom. The quantitative estimate of drug-likeness (QED) is 0.840. The molecule has 1 aliphatic rings. The van der Waals surface area contributed by atoms with Crippen molar-refractivity contribution < 1.29 is 9.50 Å². The first kappa shape index (κ1) is 13.2. The van der Waals surface area contributed by atoms with Crippen molar-refractivity contribution in [3.63, 3.8) is 0 Å². The molecule has 1 aliphatic heterocycles. The molecule has 0 saturated carbocycles. The summed E-state index contributed by atoms with van der Waals surface area (Å²) in [5.41, 5.74) is -0.846. The molecule has 1 atom stereocenters. The highest BCUT2D eigenvalue weighted by atomic mass is 35.5. The van der Waals surface area contributed by atoms with E-state index in [1.807, 2.05) is 13.8 Å². The Morgan fingerprint density at radius 2 is 2.12 bits per heavy atom. The molecule has 0 aromatic heterocycles. The summed E-state index contributed by atoms with van der Waals surface area (Å²) in [6, 6.07) is 4.19. The minimum Gasteiger partial charge on any atom is -0.384 e. The predicted molar refractivity (Wildman–Crippen MR) is 71.0 cm³/mol. The lowest BCUT2D eigenvalue weighted by Crippen LogP contribution is -2.47. The van der Waals surface area contributed by atoms with Gasteiger partial charge in [-0.15, -0.1) is 0 Å². The molecule has 2 rings (SSSR count). The molecule has 1 aromatic rings. The van der Waals surface area contributed by atoms with Gasteiger partial charge in [-0.1, -0.05) is 25.4 Å². The first-order chi connectivity index (χ1) is 7.87. The van der Waals surface area contributed by atoms with Crippen LogP contribution >= 0.6 is 23.4 Å². The zero-order chi connectivity index (χ0) is 12.7. The number of halogens is 2. The van der Waals surface area contributed by atoms with Crippen molar-refractivity contribution in [1.29, 1.82) is 0 Å². The van der Waals surface area contributed by atoms with Crippen LogP contribution in [0.3, 0.4) is 0 Å². The van der Waals surface area contributed by atoms with E-state index in [9.17, 15) is 9.50 Å². The summed E-state index contributed by atoms with van der Waals surface area (Å²) in [6.45, 7) is 4.02. The second-order valence-corrected chi connectivity index (χ2v) is 6.68. The van der Waals surface area contributed by atoms with Crippen molar-refractivity contribution in [3.8, 4) is 0 Å². The molecule has 1 nitrogen and oxygen atoms in total. The van der Waals surface area contributed by atoms with Gasteiger partial charge in [-0.2, -0.15) is 11.8 Å². The van der Waals surface area contributed by atoms with Gasteiger partial charge in [0, 0.05) is 16.3 Å². The maximum atomic E-state index is 13.3. The second kappa shape index (κ2) is 4.45. The van der Waals surface area contributed by atoms with Gasteiger partial charge in [-0.25, -0.2) is 4.39 Å². The van der Waals surface area contributed by atoms with Gasteiger partial charge in [0.2, 0.25) is 0 Å². The van der Waals surface area contributed by atoms with Gasteiger partial charge in [0.25, 0.3) is 0 Å². The second-order valence-electron chi connectivity index (χ2n) is 5.17. The van der Waals surface area contributed by atoms with Crippen LogP contribution in [0.25, 0.3) is 0 Å². The van der Waals surface area contributed by atoms with Gasteiger partial charge in [0.1, 0.15) is 11.4 Å². The molecule has 0 bridgehead atoms. The van der Waals surface area contributed by atoms with E-state index < -0.39 is 5.60 Å². The van der Waals surface area contributed by atoms with Gasteiger partial charge < -0.3 is 5.11 Å². The molecule has 94 valence electrons. The molecule has 0 radical (unpaired) electrons. The highest BCUT2D eigenvalue weighted by molar-refractivity contribution is 7.99. The Labute approximate surface area is 110 Å². The minimum atomic E-state index is -1.06. The van der Waals surface area contributed by atoms with E-state index in [0.717, 1.165) is 12.2 Å². The molecule has 1 fully saturated rings. The lowest BCUT2D eigenvalue weighted by Gasteiger charge is -2.46. The normalized spacial score (nSPS) is 28.1. The molecule has 1 N–H and O–H groups in total. The molecule has 0 amide bonds. The summed E-state index contributed by atoms with van der Waals surface area (Å²) in [6.07, 6.45) is 0.890. The Morgan fingerprint density at radius 3 is 2.76 bits per heavy atom. The summed E-state index contributed by atoms with van der Waals surface area (Å²) >= 11 is 7.79. The van der Waals surface area contributed by atoms with Crippen LogP contribution in [0, 0.1) is 11.2 Å². The van der Waals surface area contributed by atoms with E-state index in [2.05, 4.69) is 0 Å². The fourth-order valence-corrected chi connectivity index (χ4v) is 4.12. The highest BCUT2D eigenvalue weighted by Gasteiger charge is 2.47. The summed E-state index contributed by atoms with van der Waals surface area (Å²) in [4.78, 5) is 0. The van der Waals surface area contributed by atoms with Crippen LogP contribution in [0.1, 0.15) is 25.8 Å². The maximum absolute atomic E-state index is 13.3. The predicted octanol–water partition coefficient (Wildman–Crippen LogP) is 3.83. The van der Waals surface area contributed by atoms with Crippen LogP contribution in [-0.2, 0) is 5.60 Å². The summed E-state index contributed by atoms with van der Waals surface area (Å²) in [7, 11) is 0. The van der Waals surface area contributed by atoms with Crippen LogP contribution in [0.4, 0.5) is 4.39 Å². The number of hydrogen-bond acceptors (Lipinski definition) is 2. The fourth-order valence-electron chi connectivity index (χ4n) is 2.21. The molecular formula is C13H16ClFOS. The Kier molecular flexibility index (Phi) is 3.45. The summed E-state index contributed by atoms with van der Waals surface area (Å²) < 4.78 is 13.3. The van der Waals surface area contributed by atoms with Crippen molar-refractivity contribution in [2.45, 2.75) is 25.9 Å². The third-order valence-electron chi connectivity index (χ3n) is 3.68. The molecule has 4 heteroatoms. The lowest BCUT2D eigenvalue weighted by molar-refractivity contribution is -0.0579. The van der Waals surface area contributed by atoms with E-state index in [1.54, 1.807) is 11.8 Å². The van der Waals surface area contributed by atoms with E-state index in [-0.39, 0.29) is 11.2 Å². The zero-order valence-corrected chi connectivity index (χ0v) is 11.5. The maximum Gasteiger partial charge on any atom is 0.123 e. The van der Waals surface area contributed by atoms with Gasteiger partial charge >= 0.3 is 0 Å². The summed E-state index contributed by atoms with van der Waals surface area (Å²) in [5.74, 6) is 1.22. The van der Waals surface area contributed by atoms with Gasteiger partial charge in [-0.05, 0) is 35.8 Å². The largest absolute Gasteiger partial charge is 0.384 e. The van der Waals surface area contributed by atoms with E-state index >= 15 is 0 Å². The van der Waals surface area contributed by atoms with Crippen LogP contribution in [-0.4, -0.2) is 16.6 Å². The molecule has 0 spiro atoms. The average molecular weight is 275 g/mol. The molecule has 1 heterocycles. The van der Waals surface area contributed by atoms with Crippen molar-refractivity contribution in [3.05, 3.63) is 34.6 Å². The van der Waals surface area contributed by atoms with Crippen LogP contribution in [0.5, 0.6) is 0 Å². The fraction of sp³-hybridized carbons (Fsp3) is 0.538. The van der Waals surface area contributed by atoms with Gasteiger partial charge in [0.15, 0.2) is 0 Å². The molecule has 1 unspecified atom stereocenters. The number of benzene rings is 1. The van der Waals surface area contributed by atoms with Crippen molar-refractivity contribution >= 4 is 23.4 Å². The van der Waals surface area contributed by atoms with Crippen molar-refractivity contribution in [1.82, 2.24) is 0 Å². The van der Waals surface area contributed by atoms with Crippen LogP contribution in [0.2, 0.25) is 5.02 Å². The van der Waals surface area contributed by atoms with E-state index in [1.165, 1.54) is 18.2 Å². The number of rotatable bonds is 1. The topological polar surface area (TPSA) is 20.2 Å². The molecule has 17 heavy (non-hydrogen) atoms. The Bertz CT molecular complexity index is 435. The van der Waals surface area contributed by atoms with Crippen molar-refractivity contribution in [2.75, 3.05) is 11.5 Å². The number of thioether (sulfide) groups is 1. The molecule has 1 saturated heterocycles. The highest BCUT2D eigenvalue weighted by Crippen LogP contribution is 2.50. The van der Waals surface area contributed by atoms with E-state index in [4.69, 9.17) is 11.6 Å². The van der Waals surface area contributed by atoms with E-state index in [0.29, 0.717) is 16.3 Å². The smallest absolute Gasteiger partial charge is 0.123 e. The SMILES string of the molecule is CC1(C)CCSCC1(O)c1cc(F)ccc1Cl. The monoisotopic (exact) mass is 274 g/mol. The zero-order valence-electron chi connectivity index (χ0n) is 9.96. The van der Waals surface area contributed by atoms with Gasteiger partial charge in [-0.3, -0.25) is 0 Å². The van der Waals surface area contributed by atoms with Crippen LogP contribution < -0.4 is 0 Å². The van der Waals surface area contributed by atoms with Crippen LogP contribution in [0.15, 0.2) is 18.2 Å². The first-order valence-electron chi connectivity index (χ1n) is 5.62. The molecular weight excluding hydrogens is 259 g/mol. The summed E-state index contributed by atoms with van der Waals surface area (Å²) in [5, 5.41) is 11.3. The van der Waals surface area contributed by atoms with Gasteiger partial charge in [0.05, 0.1) is 0 Å². The molecule has 0 aliphatic carbocycles. The third kappa shape index (κ3) is 2.20. The minimum absolute atomic E-state index is 0.296. The lowest BCUT2D eigenvalue weighted by atomic mass is 9.70. The standard InChI is InChI=1S/C13H16ClFOS/c1-12(2)5-6-17-8-13(12,16)10-7-9(15)3-4-11(10)14/h3-4,7,16H,5-6,8H2,1-2H3. The number of hydrogen-bond donors (Lipinski definition) is 1.